The summed E-state index contributed by atoms with van der Waals surface area (Å²) in [5.74, 6) is -0.473. The zero-order chi connectivity index (χ0) is 24.5. The smallest absolute Gasteiger partial charge is 0.337 e. The molecule has 0 N–H and O–H groups in total. The number of carbonyl (C=O) groups is 2. The predicted octanol–water partition coefficient (Wildman–Crippen LogP) is 1.91. The summed E-state index contributed by atoms with van der Waals surface area (Å²) in [5.41, 5.74) is 1.84. The van der Waals surface area contributed by atoms with E-state index in [0.29, 0.717) is 49.8 Å². The summed E-state index contributed by atoms with van der Waals surface area (Å²) < 4.78 is 13.4. The van der Waals surface area contributed by atoms with Crippen LogP contribution in [0, 0.1) is 6.92 Å². The molecule has 0 saturated carbocycles. The zero-order valence-electron chi connectivity index (χ0n) is 20.5. The van der Waals surface area contributed by atoms with Gasteiger partial charge < -0.3 is 14.4 Å². The molecule has 4 aliphatic heterocycles. The van der Waals surface area contributed by atoms with Gasteiger partial charge in [0, 0.05) is 18.6 Å². The molecule has 6 heterocycles. The fraction of sp³-hybridized carbons (Fsp3) is 0.583. The lowest BCUT2D eigenvalue weighted by Crippen LogP contribution is -2.49. The van der Waals surface area contributed by atoms with Crippen LogP contribution in [0.15, 0.2) is 0 Å². The molecule has 9 nitrogen and oxygen atoms in total. The Kier molecular flexibility index (Phi) is 5.51. The van der Waals surface area contributed by atoms with E-state index in [4.69, 9.17) is 14.5 Å². The third-order valence-electron chi connectivity index (χ3n) is 6.86. The van der Waals surface area contributed by atoms with Crippen LogP contribution in [0.25, 0.3) is 11.1 Å². The number of rotatable bonds is 2. The molecule has 2 amide bonds. The Morgan fingerprint density at radius 3 is 2.11 bits per heavy atom. The van der Waals surface area contributed by atoms with Crippen LogP contribution in [-0.2, 0) is 25.6 Å². The van der Waals surface area contributed by atoms with Crippen molar-refractivity contribution in [3.8, 4) is 0 Å². The molecule has 0 unspecified atom stereocenters. The van der Waals surface area contributed by atoms with Gasteiger partial charge in [0.05, 0.1) is 47.4 Å². The number of nitrogens with zero attached hydrogens (tertiary/aromatic N) is 5. The third kappa shape index (κ3) is 3.62. The molecule has 2 aromatic rings. The standard InChI is InChI=1S/C24H30N5O4S2/c1-14-19-17-16(20(30)29(21(17)31)24(2,3)4)18-15(35-22(25-18)26-5-9-32-10-6-26)13-28(19)23(34-14)27-7-11-33-12-8-27/h5-13H2,1-4H3/q+1. The first-order valence-electron chi connectivity index (χ1n) is 12.1. The monoisotopic (exact) mass is 516 g/mol. The normalized spacial score (nSPS) is 20.9. The SMILES string of the molecule is Cc1sc(N2CCOCC2)[n+]2c1C1=C(C(=O)N(C(C)(C)C)C1=O)c1nc(N3CCOCC3)sc1C2. The first-order valence-corrected chi connectivity index (χ1v) is 13.7. The van der Waals surface area contributed by atoms with E-state index in [-0.39, 0.29) is 11.8 Å². The van der Waals surface area contributed by atoms with Crippen molar-refractivity contribution in [2.45, 2.75) is 39.8 Å². The number of aromatic nitrogens is 2. The van der Waals surface area contributed by atoms with Crippen molar-refractivity contribution in [1.29, 1.82) is 0 Å². The van der Waals surface area contributed by atoms with E-state index in [1.54, 1.807) is 22.7 Å². The van der Waals surface area contributed by atoms with Gasteiger partial charge in [0.2, 0.25) is 0 Å². The van der Waals surface area contributed by atoms with E-state index in [1.165, 1.54) is 4.90 Å². The highest BCUT2D eigenvalue weighted by molar-refractivity contribution is 7.16. The van der Waals surface area contributed by atoms with Crippen molar-refractivity contribution in [3.63, 3.8) is 0 Å². The van der Waals surface area contributed by atoms with E-state index in [2.05, 4.69) is 21.3 Å². The predicted molar refractivity (Wildman–Crippen MR) is 135 cm³/mol. The number of amides is 2. The van der Waals surface area contributed by atoms with Crippen molar-refractivity contribution in [2.75, 3.05) is 62.4 Å². The molecule has 0 aromatic carbocycles. The molecule has 4 aliphatic rings. The Morgan fingerprint density at radius 2 is 1.49 bits per heavy atom. The van der Waals surface area contributed by atoms with Crippen molar-refractivity contribution >= 4 is 55.9 Å². The highest BCUT2D eigenvalue weighted by Crippen LogP contribution is 2.45. The van der Waals surface area contributed by atoms with Gasteiger partial charge in [-0.25, -0.2) is 14.5 Å². The van der Waals surface area contributed by atoms with Crippen molar-refractivity contribution in [3.05, 3.63) is 21.1 Å². The summed E-state index contributed by atoms with van der Waals surface area (Å²) in [6.07, 6.45) is 0. The number of carbonyl (C=O) groups excluding carboxylic acids is 2. The Labute approximate surface area is 212 Å². The Balaban J connectivity index is 1.55. The lowest BCUT2D eigenvalue weighted by Gasteiger charge is -2.30. The van der Waals surface area contributed by atoms with E-state index in [9.17, 15) is 9.59 Å². The van der Waals surface area contributed by atoms with Gasteiger partial charge in [0.15, 0.2) is 10.8 Å². The Morgan fingerprint density at radius 1 is 0.886 bits per heavy atom. The number of hydrogen-bond donors (Lipinski definition) is 0. The lowest BCUT2D eigenvalue weighted by molar-refractivity contribution is -0.673. The molecule has 0 bridgehead atoms. The minimum atomic E-state index is -0.634. The molecule has 0 atom stereocenters. The molecule has 6 rings (SSSR count). The topological polar surface area (TPSA) is 79.1 Å². The van der Waals surface area contributed by atoms with Crippen LogP contribution in [-0.4, -0.2) is 79.8 Å². The number of anilines is 2. The first-order chi connectivity index (χ1) is 16.8. The first kappa shape index (κ1) is 23.1. The molecular weight excluding hydrogens is 486 g/mol. The quantitative estimate of drug-likeness (QED) is 0.446. The molecular formula is C24H30N5O4S2+. The van der Waals surface area contributed by atoms with E-state index in [1.807, 2.05) is 20.8 Å². The molecule has 0 radical (unpaired) electrons. The number of aryl methyl sites for hydroxylation is 1. The maximum atomic E-state index is 13.9. The molecule has 2 saturated heterocycles. The second-order valence-corrected chi connectivity index (χ2v) is 12.5. The van der Waals surface area contributed by atoms with Gasteiger partial charge in [0.1, 0.15) is 25.2 Å². The number of ether oxygens (including phenoxy) is 2. The molecule has 35 heavy (non-hydrogen) atoms. The number of thiazole rings is 2. The second-order valence-electron chi connectivity index (χ2n) is 10.2. The molecule has 186 valence electrons. The Hall–Kier alpha value is -2.34. The maximum Gasteiger partial charge on any atom is 0.337 e. The van der Waals surface area contributed by atoms with Gasteiger partial charge in [-0.3, -0.25) is 14.5 Å². The van der Waals surface area contributed by atoms with Gasteiger partial charge in [-0.1, -0.05) is 22.7 Å². The highest BCUT2D eigenvalue weighted by atomic mass is 32.1. The fourth-order valence-corrected chi connectivity index (χ4v) is 7.49. The number of hydrogen-bond acceptors (Lipinski definition) is 9. The van der Waals surface area contributed by atoms with Crippen molar-refractivity contribution in [2.24, 2.45) is 0 Å². The van der Waals surface area contributed by atoms with Crippen LogP contribution in [0.3, 0.4) is 0 Å². The number of morpholine rings is 2. The third-order valence-corrected chi connectivity index (χ3v) is 9.12. The van der Waals surface area contributed by atoms with E-state index < -0.39 is 5.54 Å². The van der Waals surface area contributed by atoms with Crippen LogP contribution in [0.4, 0.5) is 10.3 Å². The second kappa shape index (κ2) is 8.36. The van der Waals surface area contributed by atoms with Gasteiger partial charge >= 0.3 is 5.13 Å². The van der Waals surface area contributed by atoms with Crippen LogP contribution >= 0.6 is 22.7 Å². The van der Waals surface area contributed by atoms with Crippen LogP contribution in [0.2, 0.25) is 0 Å². The van der Waals surface area contributed by atoms with Crippen molar-refractivity contribution in [1.82, 2.24) is 9.88 Å². The summed E-state index contributed by atoms with van der Waals surface area (Å²) in [6.45, 7) is 14.2. The number of imide groups is 1. The summed E-state index contributed by atoms with van der Waals surface area (Å²) in [4.78, 5) is 40.8. The molecule has 2 aromatic heterocycles. The number of fused-ring (bicyclic) bond motifs is 4. The van der Waals surface area contributed by atoms with Crippen LogP contribution in [0.5, 0.6) is 0 Å². The summed E-state index contributed by atoms with van der Waals surface area (Å²) in [6, 6.07) is 0. The lowest BCUT2D eigenvalue weighted by atomic mass is 10.0. The minimum Gasteiger partial charge on any atom is -0.378 e. The van der Waals surface area contributed by atoms with Gasteiger partial charge in [-0.2, -0.15) is 0 Å². The molecule has 0 aliphatic carbocycles. The summed E-state index contributed by atoms with van der Waals surface area (Å²) in [5, 5.41) is 2.00. The van der Waals surface area contributed by atoms with Crippen molar-refractivity contribution < 1.29 is 23.6 Å². The average Bonchev–Trinajstić information content (AvgIpc) is 3.43. The average molecular weight is 517 g/mol. The zero-order valence-corrected chi connectivity index (χ0v) is 22.2. The van der Waals surface area contributed by atoms with Crippen LogP contribution in [0.1, 0.15) is 41.9 Å². The van der Waals surface area contributed by atoms with Gasteiger partial charge in [-0.05, 0) is 27.7 Å². The van der Waals surface area contributed by atoms with Gasteiger partial charge in [-0.15, -0.1) is 0 Å². The van der Waals surface area contributed by atoms with Crippen LogP contribution < -0.4 is 14.4 Å². The maximum absolute atomic E-state index is 13.9. The molecule has 2 fully saturated rings. The highest BCUT2D eigenvalue weighted by Gasteiger charge is 2.51. The summed E-state index contributed by atoms with van der Waals surface area (Å²) >= 11 is 3.32. The summed E-state index contributed by atoms with van der Waals surface area (Å²) in [7, 11) is 0. The largest absolute Gasteiger partial charge is 0.378 e. The Bertz CT molecular complexity index is 1250. The van der Waals surface area contributed by atoms with Gasteiger partial charge in [0.25, 0.3) is 11.8 Å². The molecule has 11 heteroatoms. The van der Waals surface area contributed by atoms with E-state index in [0.717, 1.165) is 51.9 Å². The molecule has 0 spiro atoms. The fourth-order valence-electron chi connectivity index (χ4n) is 5.23. The van der Waals surface area contributed by atoms with E-state index >= 15 is 0 Å². The minimum absolute atomic E-state index is 0.227.